The molecule has 0 saturated carbocycles. The lowest BCUT2D eigenvalue weighted by Crippen LogP contribution is -2.45. The van der Waals surface area contributed by atoms with Gasteiger partial charge in [0.15, 0.2) is 0 Å². The van der Waals surface area contributed by atoms with Crippen LogP contribution in [0.25, 0.3) is 0 Å². The van der Waals surface area contributed by atoms with E-state index in [9.17, 15) is 19.2 Å². The molecule has 0 fully saturated rings. The molecule has 0 bridgehead atoms. The average molecular weight is 553 g/mol. The van der Waals surface area contributed by atoms with Gasteiger partial charge in [-0.3, -0.25) is 9.59 Å². The third-order valence-electron chi connectivity index (χ3n) is 5.29. The van der Waals surface area contributed by atoms with Crippen LogP contribution in [0.15, 0.2) is 66.7 Å². The zero-order valence-electron chi connectivity index (χ0n) is 22.3. The van der Waals surface area contributed by atoms with E-state index >= 15 is 0 Å². The van der Waals surface area contributed by atoms with Crippen LogP contribution in [0.2, 0.25) is 0 Å². The van der Waals surface area contributed by atoms with Crippen molar-refractivity contribution < 1.29 is 33.4 Å². The number of rotatable bonds is 10. The number of hydrogen-bond donors (Lipinski definition) is 2. The molecule has 0 aliphatic rings. The lowest BCUT2D eigenvalue weighted by Gasteiger charge is -2.20. The van der Waals surface area contributed by atoms with Crippen molar-refractivity contribution in [3.05, 3.63) is 88.3 Å². The SMILES string of the molecule is COC(=O)Cc1cc(C(=O)OC(C)(C)C)c(NC(=O)[C@H](Cc2ccccc2)NC(=O)OCc2ccccc2)s1. The molecule has 10 heteroatoms. The quantitative estimate of drug-likeness (QED) is 0.271. The molecule has 0 unspecified atom stereocenters. The topological polar surface area (TPSA) is 120 Å². The van der Waals surface area contributed by atoms with Crippen molar-refractivity contribution >= 4 is 40.3 Å². The van der Waals surface area contributed by atoms with Crippen molar-refractivity contribution in [3.63, 3.8) is 0 Å². The third kappa shape index (κ3) is 9.57. The summed E-state index contributed by atoms with van der Waals surface area (Å²) in [4.78, 5) is 51.3. The Morgan fingerprint density at radius 2 is 1.54 bits per heavy atom. The minimum Gasteiger partial charge on any atom is -0.469 e. The first-order valence-corrected chi connectivity index (χ1v) is 13.1. The number of benzene rings is 2. The first-order chi connectivity index (χ1) is 18.5. The molecule has 3 aromatic rings. The molecule has 0 aliphatic carbocycles. The summed E-state index contributed by atoms with van der Waals surface area (Å²) in [5, 5.41) is 5.58. The van der Waals surface area contributed by atoms with Gasteiger partial charge in [-0.15, -0.1) is 11.3 Å². The Labute approximate surface area is 231 Å². The van der Waals surface area contributed by atoms with E-state index < -0.39 is 35.6 Å². The van der Waals surface area contributed by atoms with Crippen LogP contribution < -0.4 is 10.6 Å². The standard InChI is InChI=1S/C29H32N2O7S/c1-29(2,3)38-27(34)22-16-21(17-24(32)36-4)39-26(22)31-25(33)23(15-19-11-7-5-8-12-19)30-28(35)37-18-20-13-9-6-10-14-20/h5-14,16,23H,15,17-18H2,1-4H3,(H,30,35)(H,31,33)/t23-/m0/s1. The van der Waals surface area contributed by atoms with Crippen molar-refractivity contribution in [2.45, 2.75) is 51.9 Å². The molecular weight excluding hydrogens is 520 g/mol. The van der Waals surface area contributed by atoms with Gasteiger partial charge in [-0.2, -0.15) is 0 Å². The van der Waals surface area contributed by atoms with E-state index in [4.69, 9.17) is 14.2 Å². The molecule has 1 aromatic heterocycles. The van der Waals surface area contributed by atoms with Gasteiger partial charge in [0.25, 0.3) is 0 Å². The number of thiophene rings is 1. The number of esters is 2. The third-order valence-corrected chi connectivity index (χ3v) is 6.34. The highest BCUT2D eigenvalue weighted by Gasteiger charge is 2.28. The molecular formula is C29H32N2O7S. The van der Waals surface area contributed by atoms with Crippen LogP contribution in [0.5, 0.6) is 0 Å². The number of anilines is 1. The van der Waals surface area contributed by atoms with Crippen LogP contribution in [0, 0.1) is 0 Å². The summed E-state index contributed by atoms with van der Waals surface area (Å²) in [6, 6.07) is 18.8. The Hall–Kier alpha value is -4.18. The number of carbonyl (C=O) groups excluding carboxylic acids is 4. The molecule has 1 heterocycles. The van der Waals surface area contributed by atoms with Crippen molar-refractivity contribution in [2.24, 2.45) is 0 Å². The molecule has 0 aliphatic heterocycles. The number of alkyl carbamates (subject to hydrolysis) is 1. The number of nitrogens with one attached hydrogen (secondary N) is 2. The van der Waals surface area contributed by atoms with E-state index in [-0.39, 0.29) is 30.0 Å². The van der Waals surface area contributed by atoms with Crippen LogP contribution >= 0.6 is 11.3 Å². The van der Waals surface area contributed by atoms with Gasteiger partial charge in [0.2, 0.25) is 5.91 Å². The second kappa shape index (κ2) is 13.6. The first-order valence-electron chi connectivity index (χ1n) is 12.3. The van der Waals surface area contributed by atoms with Gasteiger partial charge in [0.1, 0.15) is 23.3 Å². The molecule has 0 saturated heterocycles. The van der Waals surface area contributed by atoms with E-state index in [1.807, 2.05) is 60.7 Å². The maximum Gasteiger partial charge on any atom is 0.408 e. The summed E-state index contributed by atoms with van der Waals surface area (Å²) in [5.74, 6) is -1.71. The number of hydrogen-bond acceptors (Lipinski definition) is 8. The van der Waals surface area contributed by atoms with Gasteiger partial charge in [-0.05, 0) is 38.0 Å². The lowest BCUT2D eigenvalue weighted by atomic mass is 10.1. The van der Waals surface area contributed by atoms with Crippen molar-refractivity contribution in [1.82, 2.24) is 5.32 Å². The highest BCUT2D eigenvalue weighted by atomic mass is 32.1. The van der Waals surface area contributed by atoms with Crippen molar-refractivity contribution in [3.8, 4) is 0 Å². The monoisotopic (exact) mass is 552 g/mol. The average Bonchev–Trinajstić information content (AvgIpc) is 3.29. The molecule has 2 aromatic carbocycles. The van der Waals surface area contributed by atoms with Crippen molar-refractivity contribution in [2.75, 3.05) is 12.4 Å². The molecule has 1 atom stereocenters. The van der Waals surface area contributed by atoms with E-state index in [1.54, 1.807) is 20.8 Å². The van der Waals surface area contributed by atoms with Crippen LogP contribution in [0.4, 0.5) is 9.80 Å². The predicted octanol–water partition coefficient (Wildman–Crippen LogP) is 4.90. The predicted molar refractivity (Wildman–Crippen MR) is 148 cm³/mol. The maximum atomic E-state index is 13.5. The minimum absolute atomic E-state index is 0.0386. The Balaban J connectivity index is 1.81. The number of carbonyl (C=O) groups is 4. The molecule has 2 amide bonds. The van der Waals surface area contributed by atoms with Gasteiger partial charge in [0.05, 0.1) is 19.1 Å². The number of ether oxygens (including phenoxy) is 3. The fraction of sp³-hybridized carbons (Fsp3) is 0.310. The zero-order valence-corrected chi connectivity index (χ0v) is 23.1. The van der Waals surface area contributed by atoms with E-state index in [0.717, 1.165) is 22.5 Å². The fourth-order valence-electron chi connectivity index (χ4n) is 3.49. The summed E-state index contributed by atoms with van der Waals surface area (Å²) in [5.41, 5.74) is 0.941. The molecule has 39 heavy (non-hydrogen) atoms. The highest BCUT2D eigenvalue weighted by molar-refractivity contribution is 7.16. The summed E-state index contributed by atoms with van der Waals surface area (Å²) in [7, 11) is 1.27. The normalized spacial score (nSPS) is 11.7. The van der Waals surface area contributed by atoms with E-state index in [2.05, 4.69) is 10.6 Å². The van der Waals surface area contributed by atoms with Crippen LogP contribution in [0.3, 0.4) is 0 Å². The number of amides is 2. The fourth-order valence-corrected chi connectivity index (χ4v) is 4.52. The van der Waals surface area contributed by atoms with Gasteiger partial charge in [0, 0.05) is 11.3 Å². The van der Waals surface area contributed by atoms with Crippen LogP contribution in [0.1, 0.15) is 47.1 Å². The highest BCUT2D eigenvalue weighted by Crippen LogP contribution is 2.31. The second-order valence-electron chi connectivity index (χ2n) is 9.65. The van der Waals surface area contributed by atoms with E-state index in [1.165, 1.54) is 13.2 Å². The molecule has 206 valence electrons. The zero-order chi connectivity index (χ0) is 28.4. The Morgan fingerprint density at radius 3 is 2.13 bits per heavy atom. The van der Waals surface area contributed by atoms with Crippen LogP contribution in [-0.4, -0.2) is 42.7 Å². The Bertz CT molecular complexity index is 1280. The maximum absolute atomic E-state index is 13.5. The lowest BCUT2D eigenvalue weighted by molar-refractivity contribution is -0.139. The summed E-state index contributed by atoms with van der Waals surface area (Å²) >= 11 is 1.06. The number of methoxy groups -OCH3 is 1. The second-order valence-corrected chi connectivity index (χ2v) is 10.8. The molecule has 0 radical (unpaired) electrons. The molecule has 2 N–H and O–H groups in total. The molecule has 3 rings (SSSR count). The minimum atomic E-state index is -1.02. The van der Waals surface area contributed by atoms with Crippen molar-refractivity contribution in [1.29, 1.82) is 0 Å². The summed E-state index contributed by atoms with van der Waals surface area (Å²) in [6.07, 6.45) is -0.667. The summed E-state index contributed by atoms with van der Waals surface area (Å²) < 4.78 is 15.5. The first kappa shape index (κ1) is 29.4. The van der Waals surface area contributed by atoms with Gasteiger partial charge < -0.3 is 24.8 Å². The largest absolute Gasteiger partial charge is 0.469 e. The molecule has 0 spiro atoms. The van der Waals surface area contributed by atoms with Gasteiger partial charge in [-0.1, -0.05) is 60.7 Å². The molecule has 9 nitrogen and oxygen atoms in total. The van der Waals surface area contributed by atoms with Crippen LogP contribution in [-0.2, 0) is 43.2 Å². The van der Waals surface area contributed by atoms with E-state index in [0.29, 0.717) is 4.88 Å². The smallest absolute Gasteiger partial charge is 0.408 e. The summed E-state index contributed by atoms with van der Waals surface area (Å²) in [6.45, 7) is 5.22. The Morgan fingerprint density at radius 1 is 0.923 bits per heavy atom. The van der Waals surface area contributed by atoms with Gasteiger partial charge >= 0.3 is 18.0 Å². The van der Waals surface area contributed by atoms with Gasteiger partial charge in [-0.25, -0.2) is 9.59 Å². The Kier molecular flexibility index (Phi) is 10.2.